The number of rotatable bonds is 6. The summed E-state index contributed by atoms with van der Waals surface area (Å²) in [6.45, 7) is 2.22. The molecule has 0 atom stereocenters. The molecule has 0 bridgehead atoms. The second kappa shape index (κ2) is 8.06. The highest BCUT2D eigenvalue weighted by Crippen LogP contribution is 2.27. The number of nitrogens with one attached hydrogen (secondary N) is 1. The lowest BCUT2D eigenvalue weighted by Crippen LogP contribution is -2.38. The number of likely N-dealkylation sites (tertiary alicyclic amines) is 1. The summed E-state index contributed by atoms with van der Waals surface area (Å²) in [7, 11) is 1.66. The Hall–Kier alpha value is -2.21. The second-order valence-electron chi connectivity index (χ2n) is 6.16. The highest BCUT2D eigenvalue weighted by Gasteiger charge is 2.25. The second-order valence-corrected chi connectivity index (χ2v) is 6.16. The molecule has 0 saturated carbocycles. The molecule has 1 amide bonds. The van der Waals surface area contributed by atoms with Gasteiger partial charge in [-0.1, -0.05) is 30.3 Å². The zero-order valence-corrected chi connectivity index (χ0v) is 14.1. The SMILES string of the molecule is COCCCC(=O)N1CCC(c2nc(-c3ccccc3)n[nH]2)CC1. The number of amides is 1. The van der Waals surface area contributed by atoms with Gasteiger partial charge < -0.3 is 9.64 Å². The quantitative estimate of drug-likeness (QED) is 0.828. The Kier molecular flexibility index (Phi) is 5.59. The Labute approximate surface area is 142 Å². The van der Waals surface area contributed by atoms with Crippen LogP contribution in [0.15, 0.2) is 30.3 Å². The fourth-order valence-corrected chi connectivity index (χ4v) is 3.10. The summed E-state index contributed by atoms with van der Waals surface area (Å²) >= 11 is 0. The molecule has 3 rings (SSSR count). The van der Waals surface area contributed by atoms with E-state index in [0.29, 0.717) is 18.9 Å². The van der Waals surface area contributed by atoms with Crippen LogP contribution in [0.1, 0.15) is 37.4 Å². The van der Waals surface area contributed by atoms with E-state index in [2.05, 4.69) is 15.2 Å². The van der Waals surface area contributed by atoms with Crippen molar-refractivity contribution in [3.8, 4) is 11.4 Å². The molecule has 1 N–H and O–H groups in total. The molecule has 1 aromatic heterocycles. The van der Waals surface area contributed by atoms with Crippen LogP contribution in [0, 0.1) is 0 Å². The number of hydrogen-bond donors (Lipinski definition) is 1. The van der Waals surface area contributed by atoms with Crippen LogP contribution in [0.3, 0.4) is 0 Å². The van der Waals surface area contributed by atoms with Crippen molar-refractivity contribution in [2.24, 2.45) is 0 Å². The van der Waals surface area contributed by atoms with Crippen LogP contribution in [0.2, 0.25) is 0 Å². The van der Waals surface area contributed by atoms with Crippen LogP contribution >= 0.6 is 0 Å². The topological polar surface area (TPSA) is 71.1 Å². The summed E-state index contributed by atoms with van der Waals surface area (Å²) in [6.07, 6.45) is 3.22. The van der Waals surface area contributed by atoms with Gasteiger partial charge in [-0.15, -0.1) is 0 Å². The summed E-state index contributed by atoms with van der Waals surface area (Å²) in [5.74, 6) is 2.25. The number of nitrogens with zero attached hydrogens (tertiary/aromatic N) is 3. The van der Waals surface area contributed by atoms with E-state index in [1.54, 1.807) is 7.11 Å². The molecule has 1 aliphatic heterocycles. The Morgan fingerprint density at radius 1 is 1.29 bits per heavy atom. The molecule has 128 valence electrons. The average molecular weight is 328 g/mol. The molecule has 2 heterocycles. The normalized spacial score (nSPS) is 15.6. The molecule has 6 heteroatoms. The summed E-state index contributed by atoms with van der Waals surface area (Å²) in [5.41, 5.74) is 1.02. The molecule has 1 aliphatic rings. The van der Waals surface area contributed by atoms with Gasteiger partial charge in [-0.25, -0.2) is 4.98 Å². The van der Waals surface area contributed by atoms with Crippen molar-refractivity contribution < 1.29 is 9.53 Å². The number of hydrogen-bond acceptors (Lipinski definition) is 4. The molecule has 0 radical (unpaired) electrons. The molecule has 0 spiro atoms. The molecule has 1 saturated heterocycles. The smallest absolute Gasteiger partial charge is 0.222 e. The van der Waals surface area contributed by atoms with Crippen LogP contribution in [-0.2, 0) is 9.53 Å². The van der Waals surface area contributed by atoms with Crippen molar-refractivity contribution in [3.05, 3.63) is 36.2 Å². The predicted molar refractivity (Wildman–Crippen MR) is 91.5 cm³/mol. The fraction of sp³-hybridized carbons (Fsp3) is 0.500. The summed E-state index contributed by atoms with van der Waals surface area (Å²) < 4.78 is 5.00. The van der Waals surface area contributed by atoms with Crippen LogP contribution < -0.4 is 0 Å². The van der Waals surface area contributed by atoms with Crippen LogP contribution in [-0.4, -0.2) is 52.8 Å². The maximum absolute atomic E-state index is 12.1. The van der Waals surface area contributed by atoms with E-state index in [1.165, 1.54) is 0 Å². The predicted octanol–water partition coefficient (Wildman–Crippen LogP) is 2.60. The fourth-order valence-electron chi connectivity index (χ4n) is 3.10. The maximum Gasteiger partial charge on any atom is 0.222 e. The zero-order chi connectivity index (χ0) is 16.8. The molecule has 6 nitrogen and oxygen atoms in total. The molecular formula is C18H24N4O2. The van der Waals surface area contributed by atoms with E-state index in [1.807, 2.05) is 35.2 Å². The van der Waals surface area contributed by atoms with Gasteiger partial charge in [0, 0.05) is 44.7 Å². The minimum absolute atomic E-state index is 0.230. The van der Waals surface area contributed by atoms with E-state index in [0.717, 1.165) is 49.6 Å². The molecule has 2 aromatic rings. The minimum atomic E-state index is 0.230. The van der Waals surface area contributed by atoms with Gasteiger partial charge in [0.1, 0.15) is 5.82 Å². The third kappa shape index (κ3) is 4.00. The monoisotopic (exact) mass is 328 g/mol. The van der Waals surface area contributed by atoms with Crippen LogP contribution in [0.25, 0.3) is 11.4 Å². The van der Waals surface area contributed by atoms with Crippen molar-refractivity contribution in [1.29, 1.82) is 0 Å². The van der Waals surface area contributed by atoms with Gasteiger partial charge in [-0.3, -0.25) is 9.89 Å². The zero-order valence-electron chi connectivity index (χ0n) is 14.1. The highest BCUT2D eigenvalue weighted by atomic mass is 16.5. The van der Waals surface area contributed by atoms with Gasteiger partial charge in [0.2, 0.25) is 5.91 Å². The number of carbonyl (C=O) groups is 1. The largest absolute Gasteiger partial charge is 0.385 e. The third-order valence-corrected chi connectivity index (χ3v) is 4.51. The number of aromatic nitrogens is 3. The van der Waals surface area contributed by atoms with Gasteiger partial charge in [0.25, 0.3) is 0 Å². The lowest BCUT2D eigenvalue weighted by molar-refractivity contribution is -0.132. The van der Waals surface area contributed by atoms with Crippen LogP contribution in [0.5, 0.6) is 0 Å². The van der Waals surface area contributed by atoms with Crippen molar-refractivity contribution in [1.82, 2.24) is 20.1 Å². The Balaban J connectivity index is 1.54. The Morgan fingerprint density at radius 3 is 2.75 bits per heavy atom. The van der Waals surface area contributed by atoms with Crippen molar-refractivity contribution >= 4 is 5.91 Å². The summed E-state index contributed by atoms with van der Waals surface area (Å²) in [6, 6.07) is 9.97. The highest BCUT2D eigenvalue weighted by molar-refractivity contribution is 5.76. The standard InChI is InChI=1S/C18H24N4O2/c1-24-13-5-8-16(23)22-11-9-15(10-12-22)18-19-17(20-21-18)14-6-3-2-4-7-14/h2-4,6-7,15H,5,8-13H2,1H3,(H,19,20,21). The number of piperidine rings is 1. The number of ether oxygens (including phenoxy) is 1. The van der Waals surface area contributed by atoms with Crippen LogP contribution in [0.4, 0.5) is 0 Å². The number of carbonyl (C=O) groups excluding carboxylic acids is 1. The molecule has 0 unspecified atom stereocenters. The molecular weight excluding hydrogens is 304 g/mol. The first-order valence-electron chi connectivity index (χ1n) is 8.52. The summed E-state index contributed by atoms with van der Waals surface area (Å²) in [4.78, 5) is 18.7. The number of H-pyrrole nitrogens is 1. The van der Waals surface area contributed by atoms with Gasteiger partial charge >= 0.3 is 0 Å². The lowest BCUT2D eigenvalue weighted by Gasteiger charge is -2.31. The first kappa shape index (κ1) is 16.6. The van der Waals surface area contributed by atoms with E-state index in [4.69, 9.17) is 4.74 Å². The maximum atomic E-state index is 12.1. The Morgan fingerprint density at radius 2 is 2.04 bits per heavy atom. The third-order valence-electron chi connectivity index (χ3n) is 4.51. The number of methoxy groups -OCH3 is 1. The molecule has 1 aromatic carbocycles. The van der Waals surface area contributed by atoms with Crippen molar-refractivity contribution in [2.45, 2.75) is 31.6 Å². The van der Waals surface area contributed by atoms with E-state index in [9.17, 15) is 4.79 Å². The number of aromatic amines is 1. The molecule has 24 heavy (non-hydrogen) atoms. The molecule has 0 aliphatic carbocycles. The van der Waals surface area contributed by atoms with Gasteiger partial charge in [-0.05, 0) is 19.3 Å². The number of benzene rings is 1. The van der Waals surface area contributed by atoms with E-state index < -0.39 is 0 Å². The average Bonchev–Trinajstić information content (AvgIpc) is 3.13. The van der Waals surface area contributed by atoms with Crippen molar-refractivity contribution in [3.63, 3.8) is 0 Å². The van der Waals surface area contributed by atoms with Gasteiger partial charge in [0.05, 0.1) is 0 Å². The van der Waals surface area contributed by atoms with E-state index in [-0.39, 0.29) is 5.91 Å². The Bertz CT molecular complexity index is 648. The minimum Gasteiger partial charge on any atom is -0.385 e. The van der Waals surface area contributed by atoms with Gasteiger partial charge in [0.15, 0.2) is 5.82 Å². The van der Waals surface area contributed by atoms with Crippen molar-refractivity contribution in [2.75, 3.05) is 26.8 Å². The first-order valence-corrected chi connectivity index (χ1v) is 8.52. The van der Waals surface area contributed by atoms with E-state index >= 15 is 0 Å². The first-order chi connectivity index (χ1) is 11.8. The lowest BCUT2D eigenvalue weighted by atomic mass is 9.96. The van der Waals surface area contributed by atoms with Gasteiger partial charge in [-0.2, -0.15) is 5.10 Å². The summed E-state index contributed by atoms with van der Waals surface area (Å²) in [5, 5.41) is 7.41. The molecule has 1 fully saturated rings.